The van der Waals surface area contributed by atoms with Gasteiger partial charge in [0.2, 0.25) is 0 Å². The number of hydrogen-bond acceptors (Lipinski definition) is 7. The van der Waals surface area contributed by atoms with Gasteiger partial charge in [0.1, 0.15) is 24.6 Å². The fourth-order valence-corrected chi connectivity index (χ4v) is 4.24. The van der Waals surface area contributed by atoms with Crippen molar-refractivity contribution in [2.24, 2.45) is 0 Å². The zero-order valence-corrected chi connectivity index (χ0v) is 21.5. The Bertz CT molecular complexity index is 1150. The lowest BCUT2D eigenvalue weighted by atomic mass is 9.99. The smallest absolute Gasteiger partial charge is 0.167 e. The average molecular weight is 507 g/mol. The van der Waals surface area contributed by atoms with Crippen LogP contribution in [0.5, 0.6) is 17.2 Å². The maximum absolute atomic E-state index is 9.98. The van der Waals surface area contributed by atoms with Crippen LogP contribution >= 0.6 is 0 Å². The summed E-state index contributed by atoms with van der Waals surface area (Å²) in [6.07, 6.45) is 3.52. The molecule has 0 unspecified atom stereocenters. The molecule has 1 saturated heterocycles. The SMILES string of the molecule is COc1cc([C@H](OC/C=C/c2cc(CO)c(OCc3ccccc3)c(OC)c2)[C@@H]2CO2)cc(CO)c1C. The summed E-state index contributed by atoms with van der Waals surface area (Å²) in [6, 6.07) is 17.5. The second-order valence-corrected chi connectivity index (χ2v) is 8.84. The minimum atomic E-state index is -0.277. The predicted molar refractivity (Wildman–Crippen MR) is 141 cm³/mol. The molecule has 0 saturated carbocycles. The van der Waals surface area contributed by atoms with Crippen LogP contribution < -0.4 is 14.2 Å². The van der Waals surface area contributed by atoms with Gasteiger partial charge in [-0.3, -0.25) is 0 Å². The summed E-state index contributed by atoms with van der Waals surface area (Å²) in [7, 11) is 3.20. The Hall–Kier alpha value is -3.36. The second kappa shape index (κ2) is 12.7. The van der Waals surface area contributed by atoms with Crippen LogP contribution in [0.25, 0.3) is 6.08 Å². The van der Waals surface area contributed by atoms with Crippen molar-refractivity contribution in [2.75, 3.05) is 27.4 Å². The van der Waals surface area contributed by atoms with E-state index in [2.05, 4.69) is 0 Å². The van der Waals surface area contributed by atoms with E-state index < -0.39 is 0 Å². The number of benzene rings is 3. The van der Waals surface area contributed by atoms with E-state index in [1.807, 2.05) is 73.7 Å². The summed E-state index contributed by atoms with van der Waals surface area (Å²) in [6.45, 7) is 3.02. The molecule has 0 aliphatic carbocycles. The zero-order valence-electron chi connectivity index (χ0n) is 21.5. The molecule has 37 heavy (non-hydrogen) atoms. The lowest BCUT2D eigenvalue weighted by Crippen LogP contribution is -2.12. The molecule has 1 aliphatic heterocycles. The van der Waals surface area contributed by atoms with E-state index in [9.17, 15) is 10.2 Å². The molecule has 0 amide bonds. The van der Waals surface area contributed by atoms with Gasteiger partial charge in [-0.15, -0.1) is 0 Å². The maximum Gasteiger partial charge on any atom is 0.167 e. The van der Waals surface area contributed by atoms with Crippen molar-refractivity contribution in [2.45, 2.75) is 39.0 Å². The molecule has 2 atom stereocenters. The van der Waals surface area contributed by atoms with Crippen LogP contribution in [-0.2, 0) is 29.3 Å². The molecule has 0 radical (unpaired) electrons. The van der Waals surface area contributed by atoms with Gasteiger partial charge in [0.15, 0.2) is 11.5 Å². The van der Waals surface area contributed by atoms with Gasteiger partial charge < -0.3 is 33.9 Å². The second-order valence-electron chi connectivity index (χ2n) is 8.84. The van der Waals surface area contributed by atoms with E-state index in [4.69, 9.17) is 23.7 Å². The monoisotopic (exact) mass is 506 g/mol. The van der Waals surface area contributed by atoms with Crippen molar-refractivity contribution in [3.05, 3.63) is 94.1 Å². The van der Waals surface area contributed by atoms with Crippen molar-refractivity contribution >= 4 is 6.08 Å². The normalized spacial score (nSPS) is 15.5. The van der Waals surface area contributed by atoms with Gasteiger partial charge in [0.25, 0.3) is 0 Å². The molecule has 0 bridgehead atoms. The molecule has 7 heteroatoms. The highest BCUT2D eigenvalue weighted by molar-refractivity contribution is 5.59. The summed E-state index contributed by atoms with van der Waals surface area (Å²) >= 11 is 0. The lowest BCUT2D eigenvalue weighted by Gasteiger charge is -2.19. The van der Waals surface area contributed by atoms with Gasteiger partial charge in [0, 0.05) is 5.56 Å². The molecule has 1 fully saturated rings. The molecule has 3 aromatic rings. The number of methoxy groups -OCH3 is 2. The molecule has 4 rings (SSSR count). The van der Waals surface area contributed by atoms with Crippen LogP contribution in [-0.4, -0.2) is 43.8 Å². The van der Waals surface area contributed by atoms with Gasteiger partial charge in [0.05, 0.1) is 40.6 Å². The Labute approximate surface area is 217 Å². The quantitative estimate of drug-likeness (QED) is 0.324. The predicted octanol–water partition coefficient (Wildman–Crippen LogP) is 4.75. The minimum Gasteiger partial charge on any atom is -0.496 e. The van der Waals surface area contributed by atoms with E-state index in [1.165, 1.54) is 0 Å². The Morgan fingerprint density at radius 2 is 1.70 bits per heavy atom. The van der Waals surface area contributed by atoms with Gasteiger partial charge in [-0.2, -0.15) is 0 Å². The highest BCUT2D eigenvalue weighted by atomic mass is 16.6. The van der Waals surface area contributed by atoms with E-state index in [1.54, 1.807) is 14.2 Å². The fraction of sp³-hybridized carbons (Fsp3) is 0.333. The Morgan fingerprint density at radius 3 is 2.35 bits per heavy atom. The first kappa shape index (κ1) is 26.7. The third kappa shape index (κ3) is 6.70. The molecular formula is C30H34O7. The summed E-state index contributed by atoms with van der Waals surface area (Å²) in [5.41, 5.74) is 5.15. The van der Waals surface area contributed by atoms with Crippen LogP contribution in [0.4, 0.5) is 0 Å². The van der Waals surface area contributed by atoms with Crippen molar-refractivity contribution in [1.82, 2.24) is 0 Å². The average Bonchev–Trinajstić information content (AvgIpc) is 3.78. The van der Waals surface area contributed by atoms with Crippen LogP contribution in [0.3, 0.4) is 0 Å². The van der Waals surface area contributed by atoms with E-state index in [-0.39, 0.29) is 25.4 Å². The molecule has 3 aromatic carbocycles. The first-order valence-electron chi connectivity index (χ1n) is 12.2. The minimum absolute atomic E-state index is 0.0329. The molecular weight excluding hydrogens is 472 g/mol. The summed E-state index contributed by atoms with van der Waals surface area (Å²) in [4.78, 5) is 0. The van der Waals surface area contributed by atoms with Crippen LogP contribution in [0.2, 0.25) is 0 Å². The van der Waals surface area contributed by atoms with Crippen molar-refractivity contribution in [1.29, 1.82) is 0 Å². The number of hydrogen-bond donors (Lipinski definition) is 2. The number of epoxide rings is 1. The fourth-order valence-electron chi connectivity index (χ4n) is 4.24. The number of aliphatic hydroxyl groups is 2. The molecule has 7 nitrogen and oxygen atoms in total. The largest absolute Gasteiger partial charge is 0.496 e. The highest BCUT2D eigenvalue weighted by Crippen LogP contribution is 2.36. The third-order valence-corrected chi connectivity index (χ3v) is 6.36. The lowest BCUT2D eigenvalue weighted by molar-refractivity contribution is 0.0509. The number of rotatable bonds is 13. The van der Waals surface area contributed by atoms with E-state index in [0.717, 1.165) is 27.8 Å². The first-order valence-corrected chi connectivity index (χ1v) is 12.2. The van der Waals surface area contributed by atoms with Crippen LogP contribution in [0, 0.1) is 6.92 Å². The number of ether oxygens (including phenoxy) is 5. The Kier molecular flexibility index (Phi) is 9.19. The molecule has 0 spiro atoms. The molecule has 1 aliphatic rings. The molecule has 2 N–H and O–H groups in total. The topological polar surface area (TPSA) is 89.9 Å². The summed E-state index contributed by atoms with van der Waals surface area (Å²) < 4.78 is 28.8. The van der Waals surface area contributed by atoms with Crippen LogP contribution in [0.1, 0.15) is 39.5 Å². The maximum atomic E-state index is 9.98. The summed E-state index contributed by atoms with van der Waals surface area (Å²) in [5.74, 6) is 1.79. The molecule has 1 heterocycles. The number of aliphatic hydroxyl groups excluding tert-OH is 2. The van der Waals surface area contributed by atoms with E-state index >= 15 is 0 Å². The van der Waals surface area contributed by atoms with Crippen LogP contribution in [0.15, 0.2) is 60.7 Å². The van der Waals surface area contributed by atoms with Crippen molar-refractivity contribution in [3.63, 3.8) is 0 Å². The van der Waals surface area contributed by atoms with Crippen molar-refractivity contribution in [3.8, 4) is 17.2 Å². The third-order valence-electron chi connectivity index (χ3n) is 6.36. The van der Waals surface area contributed by atoms with Crippen molar-refractivity contribution < 1.29 is 33.9 Å². The van der Waals surface area contributed by atoms with Gasteiger partial charge in [-0.1, -0.05) is 48.6 Å². The Balaban J connectivity index is 1.46. The Morgan fingerprint density at radius 1 is 0.973 bits per heavy atom. The van der Waals surface area contributed by atoms with Gasteiger partial charge in [-0.05, 0) is 52.9 Å². The first-order chi connectivity index (χ1) is 18.1. The zero-order chi connectivity index (χ0) is 26.2. The highest BCUT2D eigenvalue weighted by Gasteiger charge is 2.35. The standard InChI is InChI=1S/C30H34O7/c1-20-24(16-31)14-23(15-26(20)33-2)29(28-19-36-28)35-11-7-10-22-12-25(17-32)30(27(13-22)34-3)37-18-21-8-5-4-6-9-21/h4-10,12-15,28-29,31-32H,11,16-19H2,1-3H3/b10-7+/t28-,29-/m0/s1. The van der Waals surface area contributed by atoms with Gasteiger partial charge >= 0.3 is 0 Å². The van der Waals surface area contributed by atoms with Gasteiger partial charge in [-0.25, -0.2) is 0 Å². The summed E-state index contributed by atoms with van der Waals surface area (Å²) in [5, 5.41) is 19.7. The molecule has 0 aromatic heterocycles. The molecule has 196 valence electrons. The van der Waals surface area contributed by atoms with E-state index in [0.29, 0.717) is 42.6 Å².